The van der Waals surface area contributed by atoms with Crippen molar-refractivity contribution in [2.45, 2.75) is 19.4 Å². The van der Waals surface area contributed by atoms with Crippen LogP contribution in [0.1, 0.15) is 18.1 Å². The minimum Gasteiger partial charge on any atom is -0.493 e. The van der Waals surface area contributed by atoms with E-state index in [-0.39, 0.29) is 5.56 Å². The maximum atomic E-state index is 13.6. The second-order valence-corrected chi connectivity index (χ2v) is 5.29. The van der Waals surface area contributed by atoms with Crippen molar-refractivity contribution < 1.29 is 18.3 Å². The molecule has 0 aromatic heterocycles. The number of halogens is 2. The number of nitrogens with one attached hydrogen (secondary N) is 1. The number of benzene rings is 1. The quantitative estimate of drug-likeness (QED) is 0.904. The summed E-state index contributed by atoms with van der Waals surface area (Å²) >= 11 is 0. The Kier molecular flexibility index (Phi) is 5.00. The fourth-order valence-corrected chi connectivity index (χ4v) is 2.52. The van der Waals surface area contributed by atoms with Crippen LogP contribution in [-0.2, 0) is 12.5 Å². The number of methoxy groups -OCH3 is 2. The average Bonchev–Trinajstić information content (AvgIpc) is 2.46. The minimum absolute atomic E-state index is 0.0507. The van der Waals surface area contributed by atoms with Crippen molar-refractivity contribution in [2.24, 2.45) is 0 Å². The van der Waals surface area contributed by atoms with Crippen molar-refractivity contribution in [3.05, 3.63) is 23.3 Å². The lowest BCUT2D eigenvalue weighted by molar-refractivity contribution is 0.0170. The van der Waals surface area contributed by atoms with Crippen LogP contribution in [-0.4, -0.2) is 45.3 Å². The van der Waals surface area contributed by atoms with Gasteiger partial charge in [0, 0.05) is 50.8 Å². The monoisotopic (exact) mass is 300 g/mol. The molecule has 21 heavy (non-hydrogen) atoms. The number of alkyl halides is 2. The molecule has 0 unspecified atom stereocenters. The Morgan fingerprint density at radius 3 is 2.38 bits per heavy atom. The second-order valence-electron chi connectivity index (χ2n) is 5.29. The molecule has 0 spiro atoms. The van der Waals surface area contributed by atoms with E-state index in [1.165, 1.54) is 26.4 Å². The first-order valence-corrected chi connectivity index (χ1v) is 7.02. The van der Waals surface area contributed by atoms with Gasteiger partial charge in [-0.1, -0.05) is 0 Å². The molecule has 1 heterocycles. The number of nitrogens with zero attached hydrogens (tertiary/aromatic N) is 1. The zero-order valence-electron chi connectivity index (χ0n) is 12.7. The van der Waals surface area contributed by atoms with E-state index >= 15 is 0 Å². The van der Waals surface area contributed by atoms with Gasteiger partial charge in [0.15, 0.2) is 11.5 Å². The predicted octanol–water partition coefficient (Wildman–Crippen LogP) is 2.22. The summed E-state index contributed by atoms with van der Waals surface area (Å²) in [4.78, 5) is 2.21. The third-order valence-corrected chi connectivity index (χ3v) is 3.67. The molecule has 1 aliphatic rings. The summed E-state index contributed by atoms with van der Waals surface area (Å²) in [5, 5.41) is 3.27. The van der Waals surface area contributed by atoms with Gasteiger partial charge in [-0.15, -0.1) is 0 Å². The summed E-state index contributed by atoms with van der Waals surface area (Å²) in [5.41, 5.74) is 0.681. The molecule has 2 rings (SSSR count). The van der Waals surface area contributed by atoms with E-state index in [1.54, 1.807) is 0 Å². The Labute approximate surface area is 124 Å². The van der Waals surface area contributed by atoms with Gasteiger partial charge in [-0.3, -0.25) is 4.90 Å². The van der Waals surface area contributed by atoms with E-state index in [9.17, 15) is 8.78 Å². The number of hydrogen-bond donors (Lipinski definition) is 1. The summed E-state index contributed by atoms with van der Waals surface area (Å²) in [6, 6.07) is 2.86. The largest absolute Gasteiger partial charge is 0.493 e. The molecule has 0 aliphatic carbocycles. The molecule has 0 amide bonds. The van der Waals surface area contributed by atoms with Crippen LogP contribution in [0.3, 0.4) is 0 Å². The smallest absolute Gasteiger partial charge is 0.270 e. The third kappa shape index (κ3) is 3.83. The Morgan fingerprint density at radius 1 is 1.19 bits per heavy atom. The predicted molar refractivity (Wildman–Crippen MR) is 77.3 cm³/mol. The van der Waals surface area contributed by atoms with Crippen molar-refractivity contribution >= 4 is 0 Å². The number of hydrogen-bond acceptors (Lipinski definition) is 4. The van der Waals surface area contributed by atoms with Crippen molar-refractivity contribution in [2.75, 3.05) is 40.4 Å². The van der Waals surface area contributed by atoms with Crippen LogP contribution in [0.15, 0.2) is 12.1 Å². The van der Waals surface area contributed by atoms with Crippen molar-refractivity contribution in [3.8, 4) is 11.5 Å². The lowest BCUT2D eigenvalue weighted by Crippen LogP contribution is -2.42. The number of piperazine rings is 1. The van der Waals surface area contributed by atoms with Gasteiger partial charge in [0.1, 0.15) is 0 Å². The molecule has 1 fully saturated rings. The van der Waals surface area contributed by atoms with Crippen LogP contribution in [0.5, 0.6) is 11.5 Å². The number of ether oxygens (including phenoxy) is 2. The fourth-order valence-electron chi connectivity index (χ4n) is 2.52. The van der Waals surface area contributed by atoms with Crippen molar-refractivity contribution in [3.63, 3.8) is 0 Å². The highest BCUT2D eigenvalue weighted by molar-refractivity contribution is 5.50. The normalized spacial score (nSPS) is 16.8. The Balaban J connectivity index is 2.35. The molecule has 0 radical (unpaired) electrons. The first-order chi connectivity index (χ1) is 9.95. The first kappa shape index (κ1) is 16.0. The molecular weight excluding hydrogens is 278 g/mol. The van der Waals surface area contributed by atoms with Gasteiger partial charge in [0.2, 0.25) is 0 Å². The molecule has 6 heteroatoms. The minimum atomic E-state index is -2.91. The molecule has 1 aromatic carbocycles. The van der Waals surface area contributed by atoms with Gasteiger partial charge in [-0.2, -0.15) is 0 Å². The van der Waals surface area contributed by atoms with Gasteiger partial charge >= 0.3 is 0 Å². The maximum Gasteiger partial charge on any atom is 0.270 e. The summed E-state index contributed by atoms with van der Waals surface area (Å²) in [5.74, 6) is -2.02. The van der Waals surface area contributed by atoms with Gasteiger partial charge in [0.25, 0.3) is 5.92 Å². The van der Waals surface area contributed by atoms with E-state index in [4.69, 9.17) is 9.47 Å². The Hall–Kier alpha value is -1.40. The van der Waals surface area contributed by atoms with Crippen LogP contribution in [0.2, 0.25) is 0 Å². The summed E-state index contributed by atoms with van der Waals surface area (Å²) in [7, 11) is 2.99. The van der Waals surface area contributed by atoms with Gasteiger partial charge in [-0.25, -0.2) is 8.78 Å². The highest BCUT2D eigenvalue weighted by atomic mass is 19.3. The van der Waals surface area contributed by atoms with Crippen LogP contribution < -0.4 is 14.8 Å². The molecule has 1 saturated heterocycles. The zero-order valence-corrected chi connectivity index (χ0v) is 12.7. The lowest BCUT2D eigenvalue weighted by Gasteiger charge is -2.28. The van der Waals surface area contributed by atoms with E-state index in [0.29, 0.717) is 18.0 Å². The standard InChI is InChI=1S/C15H22F2N2O2/c1-15(16,17)12-8-11(10-19-6-4-18-5-7-19)14(21-3)13(9-12)20-2/h8-9,18H,4-7,10H2,1-3H3. The van der Waals surface area contributed by atoms with Gasteiger partial charge < -0.3 is 14.8 Å². The molecule has 0 saturated carbocycles. The molecule has 4 nitrogen and oxygen atoms in total. The van der Waals surface area contributed by atoms with Crippen LogP contribution >= 0.6 is 0 Å². The fraction of sp³-hybridized carbons (Fsp3) is 0.600. The van der Waals surface area contributed by atoms with E-state index in [2.05, 4.69) is 10.2 Å². The Morgan fingerprint density at radius 2 is 1.86 bits per heavy atom. The molecule has 1 aromatic rings. The van der Waals surface area contributed by atoms with E-state index in [1.807, 2.05) is 0 Å². The molecule has 1 N–H and O–H groups in total. The lowest BCUT2D eigenvalue weighted by atomic mass is 10.0. The van der Waals surface area contributed by atoms with E-state index < -0.39 is 5.92 Å². The SMILES string of the molecule is COc1cc(C(C)(F)F)cc(CN2CCNCC2)c1OC. The zero-order chi connectivity index (χ0) is 15.5. The molecule has 0 bridgehead atoms. The third-order valence-electron chi connectivity index (χ3n) is 3.67. The maximum absolute atomic E-state index is 13.6. The van der Waals surface area contributed by atoms with Crippen LogP contribution in [0, 0.1) is 0 Å². The molecule has 0 atom stereocenters. The molecular formula is C15H22F2N2O2. The Bertz CT molecular complexity index is 483. The highest BCUT2D eigenvalue weighted by Gasteiger charge is 2.28. The summed E-state index contributed by atoms with van der Waals surface area (Å²) in [6.07, 6.45) is 0. The number of rotatable bonds is 5. The van der Waals surface area contributed by atoms with E-state index in [0.717, 1.165) is 38.7 Å². The van der Waals surface area contributed by atoms with Crippen molar-refractivity contribution in [1.82, 2.24) is 10.2 Å². The van der Waals surface area contributed by atoms with Crippen LogP contribution in [0.4, 0.5) is 8.78 Å². The topological polar surface area (TPSA) is 33.7 Å². The summed E-state index contributed by atoms with van der Waals surface area (Å²) < 4.78 is 37.9. The molecule has 118 valence electrons. The first-order valence-electron chi connectivity index (χ1n) is 7.02. The second kappa shape index (κ2) is 6.58. The van der Waals surface area contributed by atoms with Crippen molar-refractivity contribution in [1.29, 1.82) is 0 Å². The van der Waals surface area contributed by atoms with Gasteiger partial charge in [0.05, 0.1) is 14.2 Å². The van der Waals surface area contributed by atoms with Crippen LogP contribution in [0.25, 0.3) is 0 Å². The van der Waals surface area contributed by atoms with Gasteiger partial charge in [-0.05, 0) is 12.1 Å². The summed E-state index contributed by atoms with van der Waals surface area (Å²) in [6.45, 7) is 5.05. The highest BCUT2D eigenvalue weighted by Crippen LogP contribution is 2.38. The average molecular weight is 300 g/mol. The molecule has 1 aliphatic heterocycles.